The fourth-order valence-corrected chi connectivity index (χ4v) is 5.38. The molecule has 0 saturated carbocycles. The maximum atomic E-state index is 13.1. The van der Waals surface area contributed by atoms with Crippen molar-refractivity contribution in [3.05, 3.63) is 54.1 Å². The van der Waals surface area contributed by atoms with Gasteiger partial charge in [0.2, 0.25) is 11.0 Å². The number of ether oxygens (including phenoxy) is 1. The lowest BCUT2D eigenvalue weighted by Gasteiger charge is -2.14. The summed E-state index contributed by atoms with van der Waals surface area (Å²) in [5.74, 6) is 0.604. The van der Waals surface area contributed by atoms with Crippen LogP contribution in [0.5, 0.6) is 5.75 Å². The largest absolute Gasteiger partial charge is 0.494 e. The Morgan fingerprint density at radius 1 is 1.21 bits per heavy atom. The number of carbonyl (C=O) groups is 1. The van der Waals surface area contributed by atoms with Crippen molar-refractivity contribution in [3.63, 3.8) is 0 Å². The molecular weight excluding hydrogens is 426 g/mol. The molecule has 0 radical (unpaired) electrons. The number of hydrogen-bond acceptors (Lipinski definition) is 9. The summed E-state index contributed by atoms with van der Waals surface area (Å²) < 4.78 is 7.12. The first-order valence-corrected chi connectivity index (χ1v) is 11.3. The number of thioether (sulfide) groups is 1. The lowest BCUT2D eigenvalue weighted by molar-refractivity contribution is -0.115. The number of amides is 1. The van der Waals surface area contributed by atoms with Crippen LogP contribution in [-0.2, 0) is 4.79 Å². The van der Waals surface area contributed by atoms with Gasteiger partial charge in [-0.15, -0.1) is 10.2 Å². The minimum Gasteiger partial charge on any atom is -0.494 e. The fraction of sp³-hybridized carbons (Fsp3) is 0.158. The molecule has 4 rings (SSSR count). The normalized spacial score (nSPS) is 12.0. The number of nitrogen functional groups attached to an aromatic ring is 1. The Kier molecular flexibility index (Phi) is 5.93. The third-order valence-corrected chi connectivity index (χ3v) is 6.91. The molecular formula is C19H17N5O2S3. The summed E-state index contributed by atoms with van der Waals surface area (Å²) in [5.41, 5.74) is 7.36. The van der Waals surface area contributed by atoms with Crippen LogP contribution in [0.4, 0.5) is 10.3 Å². The Bertz CT molecular complexity index is 1130. The Balaban J connectivity index is 1.58. The van der Waals surface area contributed by atoms with Crippen LogP contribution < -0.4 is 15.8 Å². The van der Waals surface area contributed by atoms with Gasteiger partial charge in [-0.1, -0.05) is 64.8 Å². The molecule has 148 valence electrons. The average molecular weight is 444 g/mol. The molecule has 10 heteroatoms. The number of thiazole rings is 1. The molecule has 0 aliphatic heterocycles. The molecule has 3 N–H and O–H groups in total. The second-order valence-corrected chi connectivity index (χ2v) is 9.28. The predicted octanol–water partition coefficient (Wildman–Crippen LogP) is 4.60. The second kappa shape index (κ2) is 8.76. The van der Waals surface area contributed by atoms with E-state index in [2.05, 4.69) is 20.5 Å². The molecule has 2 aromatic carbocycles. The zero-order valence-corrected chi connectivity index (χ0v) is 17.8. The van der Waals surface area contributed by atoms with Crippen molar-refractivity contribution in [3.8, 4) is 5.75 Å². The molecule has 0 saturated heterocycles. The summed E-state index contributed by atoms with van der Waals surface area (Å²) >= 11 is 3.98. The van der Waals surface area contributed by atoms with Crippen molar-refractivity contribution in [1.29, 1.82) is 0 Å². The Morgan fingerprint density at radius 2 is 2.03 bits per heavy atom. The van der Waals surface area contributed by atoms with Crippen molar-refractivity contribution in [2.24, 2.45) is 0 Å². The molecule has 0 bridgehead atoms. The highest BCUT2D eigenvalue weighted by atomic mass is 32.2. The molecule has 29 heavy (non-hydrogen) atoms. The maximum Gasteiger partial charge on any atom is 0.244 e. The third kappa shape index (κ3) is 4.66. The molecule has 0 fully saturated rings. The van der Waals surface area contributed by atoms with Gasteiger partial charge in [-0.25, -0.2) is 4.98 Å². The standard InChI is InChI=1S/C19H17N5O2S3/c1-2-26-12-8-9-13-14(10-12)27-18(21-13)22-16(25)15(11-6-4-3-5-7-11)28-19-24-23-17(20)29-19/h3-10,15H,2H2,1H3,(H2,20,23)(H,21,22,25). The van der Waals surface area contributed by atoms with Crippen LogP contribution in [-0.4, -0.2) is 27.7 Å². The average Bonchev–Trinajstić information content (AvgIpc) is 3.31. The number of anilines is 2. The summed E-state index contributed by atoms with van der Waals surface area (Å²) in [6.07, 6.45) is 0. The van der Waals surface area contributed by atoms with Crippen molar-refractivity contribution in [2.75, 3.05) is 17.7 Å². The van der Waals surface area contributed by atoms with E-state index in [9.17, 15) is 4.79 Å². The smallest absolute Gasteiger partial charge is 0.244 e. The van der Waals surface area contributed by atoms with Crippen LogP contribution in [0.25, 0.3) is 10.2 Å². The molecule has 1 unspecified atom stereocenters. The van der Waals surface area contributed by atoms with Crippen molar-refractivity contribution in [2.45, 2.75) is 16.5 Å². The first kappa shape index (κ1) is 19.6. The molecule has 4 aromatic rings. The van der Waals surface area contributed by atoms with Crippen LogP contribution in [0.1, 0.15) is 17.7 Å². The minimum absolute atomic E-state index is 0.181. The second-order valence-electron chi connectivity index (χ2n) is 5.89. The zero-order chi connectivity index (χ0) is 20.2. The Labute approximate surface area is 179 Å². The van der Waals surface area contributed by atoms with Crippen molar-refractivity contribution in [1.82, 2.24) is 15.2 Å². The van der Waals surface area contributed by atoms with Crippen LogP contribution >= 0.6 is 34.4 Å². The topological polar surface area (TPSA) is 103 Å². The van der Waals surface area contributed by atoms with Crippen molar-refractivity contribution >= 4 is 60.8 Å². The van der Waals surface area contributed by atoms with Gasteiger partial charge in [0.25, 0.3) is 0 Å². The molecule has 2 aromatic heterocycles. The third-order valence-electron chi connectivity index (χ3n) is 3.88. The molecule has 1 amide bonds. The van der Waals surface area contributed by atoms with Gasteiger partial charge in [-0.05, 0) is 30.7 Å². The summed E-state index contributed by atoms with van der Waals surface area (Å²) in [6, 6.07) is 15.2. The van der Waals surface area contributed by atoms with Crippen LogP contribution in [0.15, 0.2) is 52.9 Å². The Morgan fingerprint density at radius 3 is 2.76 bits per heavy atom. The van der Waals surface area contributed by atoms with E-state index in [0.717, 1.165) is 21.5 Å². The molecule has 7 nitrogen and oxygen atoms in total. The number of rotatable bonds is 7. The number of carbonyl (C=O) groups excluding carboxylic acids is 1. The van der Waals surface area contributed by atoms with E-state index >= 15 is 0 Å². The summed E-state index contributed by atoms with van der Waals surface area (Å²) in [4.78, 5) is 17.6. The van der Waals surface area contributed by atoms with E-state index < -0.39 is 5.25 Å². The number of fused-ring (bicyclic) bond motifs is 1. The van der Waals surface area contributed by atoms with Gasteiger partial charge >= 0.3 is 0 Å². The summed E-state index contributed by atoms with van der Waals surface area (Å²) in [7, 11) is 0. The highest BCUT2D eigenvalue weighted by molar-refractivity contribution is 8.02. The van der Waals surface area contributed by atoms with Crippen LogP contribution in [0.2, 0.25) is 0 Å². The van der Waals surface area contributed by atoms with Gasteiger partial charge < -0.3 is 15.8 Å². The molecule has 0 aliphatic carbocycles. The number of benzene rings is 2. The van der Waals surface area contributed by atoms with Gasteiger partial charge in [-0.3, -0.25) is 4.79 Å². The Hall–Kier alpha value is -2.69. The van der Waals surface area contributed by atoms with E-state index in [1.807, 2.05) is 55.5 Å². The highest BCUT2D eigenvalue weighted by Crippen LogP contribution is 2.38. The summed E-state index contributed by atoms with van der Waals surface area (Å²) in [5, 5.41) is 11.2. The van der Waals surface area contributed by atoms with Gasteiger partial charge in [0.05, 0.1) is 16.8 Å². The van der Waals surface area contributed by atoms with E-state index in [0.29, 0.717) is 21.2 Å². The maximum absolute atomic E-state index is 13.1. The first-order valence-electron chi connectivity index (χ1n) is 8.77. The molecule has 0 aliphatic rings. The van der Waals surface area contributed by atoms with Gasteiger partial charge in [-0.2, -0.15) is 0 Å². The number of nitrogens with zero attached hydrogens (tertiary/aromatic N) is 3. The molecule has 2 heterocycles. The number of nitrogens with one attached hydrogen (secondary N) is 1. The van der Waals surface area contributed by atoms with E-state index in [1.54, 1.807) is 0 Å². The first-order chi connectivity index (χ1) is 14.1. The van der Waals surface area contributed by atoms with Crippen LogP contribution in [0.3, 0.4) is 0 Å². The lowest BCUT2D eigenvalue weighted by Crippen LogP contribution is -2.18. The predicted molar refractivity (Wildman–Crippen MR) is 119 cm³/mol. The number of hydrogen-bond donors (Lipinski definition) is 2. The zero-order valence-electron chi connectivity index (χ0n) is 15.4. The molecule has 0 spiro atoms. The summed E-state index contributed by atoms with van der Waals surface area (Å²) in [6.45, 7) is 2.54. The molecule has 1 atom stereocenters. The SMILES string of the molecule is CCOc1ccc2nc(NC(=O)C(Sc3nnc(N)s3)c3ccccc3)sc2c1. The van der Waals surface area contributed by atoms with Gasteiger partial charge in [0, 0.05) is 0 Å². The van der Waals surface area contributed by atoms with Gasteiger partial charge in [0.1, 0.15) is 11.0 Å². The minimum atomic E-state index is -0.505. The number of aromatic nitrogens is 3. The van der Waals surface area contributed by atoms with E-state index in [-0.39, 0.29) is 5.91 Å². The van der Waals surface area contributed by atoms with Gasteiger partial charge in [0.15, 0.2) is 9.47 Å². The quantitative estimate of drug-likeness (QED) is 0.402. The van der Waals surface area contributed by atoms with E-state index in [1.165, 1.54) is 34.4 Å². The van der Waals surface area contributed by atoms with E-state index in [4.69, 9.17) is 10.5 Å². The van der Waals surface area contributed by atoms with Crippen LogP contribution in [0, 0.1) is 0 Å². The monoisotopic (exact) mass is 443 g/mol. The van der Waals surface area contributed by atoms with Crippen molar-refractivity contribution < 1.29 is 9.53 Å². The highest BCUT2D eigenvalue weighted by Gasteiger charge is 2.25. The fourth-order valence-electron chi connectivity index (χ4n) is 2.66. The number of nitrogens with two attached hydrogens (primary N) is 1. The lowest BCUT2D eigenvalue weighted by atomic mass is 10.1.